The van der Waals surface area contributed by atoms with E-state index in [4.69, 9.17) is 20.8 Å². The van der Waals surface area contributed by atoms with Gasteiger partial charge in [-0.15, -0.1) is 10.2 Å². The normalized spacial score (nSPS) is 10.7. The molecule has 0 saturated carbocycles. The Morgan fingerprint density at radius 1 is 1.14 bits per heavy atom. The molecule has 1 aromatic heterocycles. The van der Waals surface area contributed by atoms with Crippen LogP contribution >= 0.6 is 23.4 Å². The molecule has 0 fully saturated rings. The van der Waals surface area contributed by atoms with Crippen LogP contribution in [0, 0.1) is 20.8 Å². The van der Waals surface area contributed by atoms with Crippen molar-refractivity contribution in [3.05, 3.63) is 64.0 Å². The molecule has 1 amide bonds. The molecular formula is C20H20ClN3O3S. The maximum atomic E-state index is 12.2. The van der Waals surface area contributed by atoms with Gasteiger partial charge in [-0.25, -0.2) is 0 Å². The second-order valence-corrected chi connectivity index (χ2v) is 7.55. The number of anilines is 1. The van der Waals surface area contributed by atoms with Crippen molar-refractivity contribution >= 4 is 35.0 Å². The number of halogens is 1. The minimum absolute atomic E-state index is 0.144. The number of carbonyl (C=O) groups is 1. The quantitative estimate of drug-likeness (QED) is 0.547. The topological polar surface area (TPSA) is 77.2 Å². The maximum Gasteiger partial charge on any atom is 0.277 e. The molecule has 1 N–H and O–H groups in total. The van der Waals surface area contributed by atoms with Gasteiger partial charge in [-0.05, 0) is 49.6 Å². The predicted molar refractivity (Wildman–Crippen MR) is 110 cm³/mol. The summed E-state index contributed by atoms with van der Waals surface area (Å²) in [6, 6.07) is 11.3. The van der Waals surface area contributed by atoms with Crippen molar-refractivity contribution in [3.8, 4) is 5.75 Å². The van der Waals surface area contributed by atoms with Crippen molar-refractivity contribution in [3.63, 3.8) is 0 Å². The molecule has 0 aliphatic carbocycles. The van der Waals surface area contributed by atoms with Gasteiger partial charge in [0.1, 0.15) is 5.75 Å². The number of nitrogens with one attached hydrogen (secondary N) is 1. The number of nitrogens with zero attached hydrogens (tertiary/aromatic N) is 2. The summed E-state index contributed by atoms with van der Waals surface area (Å²) < 4.78 is 11.3. The minimum atomic E-state index is -0.179. The average Bonchev–Trinajstić information content (AvgIpc) is 3.11. The van der Waals surface area contributed by atoms with E-state index in [1.165, 1.54) is 11.8 Å². The van der Waals surface area contributed by atoms with Crippen LogP contribution in [-0.2, 0) is 11.4 Å². The average molecular weight is 418 g/mol. The van der Waals surface area contributed by atoms with E-state index >= 15 is 0 Å². The lowest BCUT2D eigenvalue weighted by Gasteiger charge is -2.09. The van der Waals surface area contributed by atoms with Crippen molar-refractivity contribution in [1.29, 1.82) is 0 Å². The van der Waals surface area contributed by atoms with Crippen LogP contribution in [-0.4, -0.2) is 21.9 Å². The van der Waals surface area contributed by atoms with E-state index in [1.807, 2.05) is 39.0 Å². The van der Waals surface area contributed by atoms with Crippen LogP contribution in [0.25, 0.3) is 0 Å². The van der Waals surface area contributed by atoms with Crippen LogP contribution in [0.15, 0.2) is 46.0 Å². The van der Waals surface area contributed by atoms with Gasteiger partial charge in [0, 0.05) is 10.7 Å². The number of hydrogen-bond donors (Lipinski definition) is 1. The highest BCUT2D eigenvalue weighted by atomic mass is 35.5. The smallest absolute Gasteiger partial charge is 0.277 e. The van der Waals surface area contributed by atoms with E-state index in [1.54, 1.807) is 18.2 Å². The van der Waals surface area contributed by atoms with Crippen molar-refractivity contribution in [2.24, 2.45) is 0 Å². The lowest BCUT2D eigenvalue weighted by molar-refractivity contribution is -0.113. The number of aryl methyl sites for hydroxylation is 2. The summed E-state index contributed by atoms with van der Waals surface area (Å²) in [5.74, 6) is 1.13. The second-order valence-electron chi connectivity index (χ2n) is 6.22. The van der Waals surface area contributed by atoms with E-state index in [2.05, 4.69) is 15.5 Å². The van der Waals surface area contributed by atoms with Gasteiger partial charge in [-0.1, -0.05) is 47.6 Å². The lowest BCUT2D eigenvalue weighted by atomic mass is 10.1. The van der Waals surface area contributed by atoms with Crippen molar-refractivity contribution in [2.75, 3.05) is 11.1 Å². The molecule has 146 valence electrons. The van der Waals surface area contributed by atoms with Gasteiger partial charge < -0.3 is 14.5 Å². The monoisotopic (exact) mass is 417 g/mol. The van der Waals surface area contributed by atoms with E-state index in [0.29, 0.717) is 21.8 Å². The molecule has 3 aromatic rings. The zero-order valence-electron chi connectivity index (χ0n) is 15.8. The van der Waals surface area contributed by atoms with E-state index in [-0.39, 0.29) is 18.3 Å². The third-order valence-corrected chi connectivity index (χ3v) is 5.29. The number of para-hydroxylation sites is 1. The molecule has 8 heteroatoms. The van der Waals surface area contributed by atoms with Gasteiger partial charge >= 0.3 is 0 Å². The summed E-state index contributed by atoms with van der Waals surface area (Å²) in [6.07, 6.45) is 0. The first kappa shape index (κ1) is 20.2. The highest BCUT2D eigenvalue weighted by molar-refractivity contribution is 7.99. The number of carbonyl (C=O) groups excluding carboxylic acids is 1. The van der Waals surface area contributed by atoms with Gasteiger partial charge in [0.05, 0.1) is 5.75 Å². The molecule has 0 aliphatic rings. The lowest BCUT2D eigenvalue weighted by Crippen LogP contribution is -2.14. The molecule has 0 radical (unpaired) electrons. The van der Waals surface area contributed by atoms with Gasteiger partial charge in [0.2, 0.25) is 5.91 Å². The van der Waals surface area contributed by atoms with Gasteiger partial charge in [0.25, 0.3) is 11.1 Å². The molecule has 3 rings (SSSR count). The van der Waals surface area contributed by atoms with Gasteiger partial charge in [-0.2, -0.15) is 0 Å². The largest absolute Gasteiger partial charge is 0.483 e. The fourth-order valence-corrected chi connectivity index (χ4v) is 3.33. The van der Waals surface area contributed by atoms with Gasteiger partial charge in [-0.3, -0.25) is 4.79 Å². The standard InChI is InChI=1S/C20H20ClN3O3S/c1-12-6-4-7-13(2)19(12)26-10-18-23-24-20(27-18)28-11-17(25)22-16-9-5-8-15(21)14(16)3/h4-9H,10-11H2,1-3H3,(H,22,25). The number of aromatic nitrogens is 2. The summed E-state index contributed by atoms with van der Waals surface area (Å²) in [5.41, 5.74) is 3.60. The first-order valence-electron chi connectivity index (χ1n) is 8.63. The Morgan fingerprint density at radius 2 is 1.86 bits per heavy atom. The highest BCUT2D eigenvalue weighted by Gasteiger charge is 2.12. The van der Waals surface area contributed by atoms with E-state index in [9.17, 15) is 4.79 Å². The molecule has 0 bridgehead atoms. The highest BCUT2D eigenvalue weighted by Crippen LogP contribution is 2.25. The summed E-state index contributed by atoms with van der Waals surface area (Å²) in [5, 5.41) is 11.7. The molecule has 0 saturated heterocycles. The first-order valence-corrected chi connectivity index (χ1v) is 9.99. The zero-order valence-corrected chi connectivity index (χ0v) is 17.4. The number of ether oxygens (including phenoxy) is 1. The number of thioether (sulfide) groups is 1. The van der Waals surface area contributed by atoms with Crippen LogP contribution in [0.1, 0.15) is 22.6 Å². The molecule has 2 aromatic carbocycles. The summed E-state index contributed by atoms with van der Waals surface area (Å²) in [7, 11) is 0. The number of rotatable bonds is 7. The summed E-state index contributed by atoms with van der Waals surface area (Å²) in [4.78, 5) is 12.2. The minimum Gasteiger partial charge on any atom is -0.483 e. The Morgan fingerprint density at radius 3 is 2.61 bits per heavy atom. The number of hydrogen-bond acceptors (Lipinski definition) is 6. The molecule has 0 aliphatic heterocycles. The third kappa shape index (κ3) is 5.05. The molecule has 0 unspecified atom stereocenters. The van der Waals surface area contributed by atoms with Crippen LogP contribution in [0.4, 0.5) is 5.69 Å². The first-order chi connectivity index (χ1) is 13.4. The summed E-state index contributed by atoms with van der Waals surface area (Å²) >= 11 is 7.23. The van der Waals surface area contributed by atoms with Crippen LogP contribution in [0.5, 0.6) is 5.75 Å². The van der Waals surface area contributed by atoms with Gasteiger partial charge in [0.15, 0.2) is 6.61 Å². The SMILES string of the molecule is Cc1cccc(C)c1OCc1nnc(SCC(=O)Nc2cccc(Cl)c2C)o1. The number of amides is 1. The van der Waals surface area contributed by atoms with Crippen LogP contribution in [0.3, 0.4) is 0 Å². The Labute approximate surface area is 172 Å². The predicted octanol–water partition coefficient (Wildman–Crippen LogP) is 4.96. The molecular weight excluding hydrogens is 398 g/mol. The maximum absolute atomic E-state index is 12.2. The summed E-state index contributed by atoms with van der Waals surface area (Å²) in [6.45, 7) is 5.99. The Kier molecular flexibility index (Phi) is 6.59. The molecule has 28 heavy (non-hydrogen) atoms. The second kappa shape index (κ2) is 9.12. The molecule has 1 heterocycles. The van der Waals surface area contributed by atoms with Crippen molar-refractivity contribution in [2.45, 2.75) is 32.6 Å². The fourth-order valence-electron chi connectivity index (χ4n) is 2.57. The number of benzene rings is 2. The third-order valence-electron chi connectivity index (χ3n) is 4.07. The molecule has 6 nitrogen and oxygen atoms in total. The van der Waals surface area contributed by atoms with Crippen LogP contribution < -0.4 is 10.1 Å². The van der Waals surface area contributed by atoms with Crippen molar-refractivity contribution in [1.82, 2.24) is 10.2 Å². The molecule has 0 spiro atoms. The Hall–Kier alpha value is -2.51. The Balaban J connectivity index is 1.52. The van der Waals surface area contributed by atoms with Crippen molar-refractivity contribution < 1.29 is 13.9 Å². The fraction of sp³-hybridized carbons (Fsp3) is 0.250. The van der Waals surface area contributed by atoms with Crippen LogP contribution in [0.2, 0.25) is 5.02 Å². The Bertz CT molecular complexity index is 970. The van der Waals surface area contributed by atoms with E-state index < -0.39 is 0 Å². The molecule has 0 atom stereocenters. The zero-order chi connectivity index (χ0) is 20.1. The van der Waals surface area contributed by atoms with E-state index in [0.717, 1.165) is 22.4 Å².